The molecule has 134 valence electrons. The Morgan fingerprint density at radius 2 is 1.76 bits per heavy atom. The summed E-state index contributed by atoms with van der Waals surface area (Å²) in [6.07, 6.45) is -4.87. The first kappa shape index (κ1) is 19.1. The molecule has 0 aliphatic rings. The van der Waals surface area contributed by atoms with E-state index < -0.39 is 33.6 Å². The van der Waals surface area contributed by atoms with E-state index >= 15 is 0 Å². The predicted octanol–water partition coefficient (Wildman–Crippen LogP) is 3.65. The number of hydrogen-bond donors (Lipinski definition) is 1. The lowest BCUT2D eigenvalue weighted by atomic mass is 10.3. The Bertz CT molecular complexity index is 867. The molecule has 0 bridgehead atoms. The van der Waals surface area contributed by atoms with E-state index in [0.717, 1.165) is 12.1 Å². The van der Waals surface area contributed by atoms with Crippen LogP contribution < -0.4 is 10.1 Å². The lowest BCUT2D eigenvalue weighted by molar-refractivity contribution is -0.274. The molecule has 10 heteroatoms. The van der Waals surface area contributed by atoms with Gasteiger partial charge in [0.25, 0.3) is 0 Å². The molecule has 0 aliphatic heterocycles. The molecule has 0 radical (unpaired) electrons. The van der Waals surface area contributed by atoms with Gasteiger partial charge in [0.2, 0.25) is 5.91 Å². The van der Waals surface area contributed by atoms with Crippen molar-refractivity contribution in [2.24, 2.45) is 0 Å². The van der Waals surface area contributed by atoms with Crippen LogP contribution in [-0.4, -0.2) is 26.4 Å². The number of rotatable bonds is 5. The summed E-state index contributed by atoms with van der Waals surface area (Å²) in [6, 6.07) is 9.74. The number of anilines is 1. The van der Waals surface area contributed by atoms with Gasteiger partial charge in [0.1, 0.15) is 11.5 Å². The first-order valence-corrected chi connectivity index (χ1v) is 8.72. The third-order valence-corrected chi connectivity index (χ3v) is 4.73. The van der Waals surface area contributed by atoms with Crippen LogP contribution in [0.3, 0.4) is 0 Å². The lowest BCUT2D eigenvalue weighted by Gasteiger charge is -2.11. The molecule has 0 aliphatic carbocycles. The fraction of sp³-hybridized carbons (Fsp3) is 0.133. The molecule has 2 aromatic rings. The van der Waals surface area contributed by atoms with Gasteiger partial charge in [-0.3, -0.25) is 4.79 Å². The van der Waals surface area contributed by atoms with Crippen LogP contribution in [-0.2, 0) is 14.6 Å². The van der Waals surface area contributed by atoms with E-state index in [1.54, 1.807) is 0 Å². The molecule has 0 fully saturated rings. The minimum Gasteiger partial charge on any atom is -0.406 e. The second-order valence-electron chi connectivity index (χ2n) is 4.84. The average Bonchev–Trinajstić information content (AvgIpc) is 2.45. The number of carbonyl (C=O) groups is 1. The largest absolute Gasteiger partial charge is 0.573 e. The van der Waals surface area contributed by atoms with Gasteiger partial charge in [-0.1, -0.05) is 17.7 Å². The Balaban J connectivity index is 2.07. The minimum absolute atomic E-state index is 0.0296. The third-order valence-electron chi connectivity index (χ3n) is 2.85. The molecule has 0 unspecified atom stereocenters. The highest BCUT2D eigenvalue weighted by molar-refractivity contribution is 7.92. The molecule has 2 rings (SSSR count). The maximum absolute atomic E-state index is 12.2. The van der Waals surface area contributed by atoms with E-state index in [0.29, 0.717) is 5.02 Å². The third kappa shape index (κ3) is 5.95. The van der Waals surface area contributed by atoms with E-state index in [9.17, 15) is 26.4 Å². The zero-order valence-corrected chi connectivity index (χ0v) is 14.0. The average molecular weight is 394 g/mol. The number of ether oxygens (including phenoxy) is 1. The summed E-state index contributed by atoms with van der Waals surface area (Å²) in [5.74, 6) is -2.32. The Labute approximate surface area is 146 Å². The highest BCUT2D eigenvalue weighted by Gasteiger charge is 2.31. The first-order chi connectivity index (χ1) is 11.5. The number of alkyl halides is 3. The molecule has 0 heterocycles. The summed E-state index contributed by atoms with van der Waals surface area (Å²) in [6.45, 7) is 0. The Morgan fingerprint density at radius 3 is 2.36 bits per heavy atom. The van der Waals surface area contributed by atoms with Crippen molar-refractivity contribution in [1.29, 1.82) is 0 Å². The zero-order valence-electron chi connectivity index (χ0n) is 12.4. The zero-order chi connectivity index (χ0) is 18.7. The molecule has 0 saturated heterocycles. The predicted molar refractivity (Wildman–Crippen MR) is 85.3 cm³/mol. The molecular weight excluding hydrogens is 383 g/mol. The van der Waals surface area contributed by atoms with Gasteiger partial charge >= 0.3 is 6.36 Å². The molecule has 25 heavy (non-hydrogen) atoms. The van der Waals surface area contributed by atoms with Crippen LogP contribution in [0.1, 0.15) is 0 Å². The van der Waals surface area contributed by atoms with Gasteiger partial charge in [-0.05, 0) is 36.4 Å². The van der Waals surface area contributed by atoms with Crippen molar-refractivity contribution in [2.75, 3.05) is 11.1 Å². The van der Waals surface area contributed by atoms with Crippen LogP contribution in [0.2, 0.25) is 5.02 Å². The van der Waals surface area contributed by atoms with Crippen LogP contribution in [0.25, 0.3) is 0 Å². The molecule has 0 aromatic heterocycles. The van der Waals surface area contributed by atoms with E-state index in [4.69, 9.17) is 11.6 Å². The number of nitrogens with one attached hydrogen (secondary N) is 1. The minimum atomic E-state index is -4.87. The number of sulfone groups is 1. The SMILES string of the molecule is O=C(CS(=O)(=O)c1ccc(Cl)cc1)Nc1cccc(OC(F)(F)F)c1. The van der Waals surface area contributed by atoms with Crippen LogP contribution in [0.4, 0.5) is 18.9 Å². The van der Waals surface area contributed by atoms with E-state index in [1.165, 1.54) is 36.4 Å². The summed E-state index contributed by atoms with van der Waals surface area (Å²) in [4.78, 5) is 11.8. The molecule has 0 atom stereocenters. The van der Waals surface area contributed by atoms with Crippen molar-refractivity contribution in [1.82, 2.24) is 0 Å². The summed E-state index contributed by atoms with van der Waals surface area (Å²) >= 11 is 5.67. The maximum atomic E-state index is 12.2. The van der Waals surface area contributed by atoms with Crippen molar-refractivity contribution in [3.05, 3.63) is 53.6 Å². The number of amides is 1. The fourth-order valence-corrected chi connectivity index (χ4v) is 3.13. The number of halogens is 4. The summed E-state index contributed by atoms with van der Waals surface area (Å²) in [5.41, 5.74) is -0.0296. The van der Waals surface area contributed by atoms with E-state index in [1.807, 2.05) is 0 Å². The summed E-state index contributed by atoms with van der Waals surface area (Å²) in [5, 5.41) is 2.55. The van der Waals surface area contributed by atoms with E-state index in [-0.39, 0.29) is 10.6 Å². The molecule has 1 N–H and O–H groups in total. The van der Waals surface area contributed by atoms with Crippen molar-refractivity contribution >= 4 is 33.0 Å². The molecule has 0 spiro atoms. The Kier molecular flexibility index (Phi) is 5.58. The van der Waals surface area contributed by atoms with Gasteiger partial charge in [-0.15, -0.1) is 13.2 Å². The van der Waals surface area contributed by atoms with Crippen LogP contribution in [0.15, 0.2) is 53.4 Å². The smallest absolute Gasteiger partial charge is 0.406 e. The van der Waals surface area contributed by atoms with Crippen molar-refractivity contribution in [2.45, 2.75) is 11.3 Å². The number of hydrogen-bond acceptors (Lipinski definition) is 4. The summed E-state index contributed by atoms with van der Waals surface area (Å²) < 4.78 is 64.5. The molecular formula is C15H11ClF3NO4S. The van der Waals surface area contributed by atoms with Crippen molar-refractivity contribution in [3.63, 3.8) is 0 Å². The standard InChI is InChI=1S/C15H11ClF3NO4S/c16-10-4-6-13(7-5-10)25(22,23)9-14(21)20-11-2-1-3-12(8-11)24-15(17,18)19/h1-8H,9H2,(H,20,21). The molecule has 1 amide bonds. The highest BCUT2D eigenvalue weighted by atomic mass is 35.5. The van der Waals surface area contributed by atoms with Crippen LogP contribution in [0, 0.1) is 0 Å². The molecule has 0 saturated carbocycles. The molecule has 5 nitrogen and oxygen atoms in total. The van der Waals surface area contributed by atoms with Gasteiger partial charge in [-0.2, -0.15) is 0 Å². The van der Waals surface area contributed by atoms with Crippen LogP contribution >= 0.6 is 11.6 Å². The maximum Gasteiger partial charge on any atom is 0.573 e. The second kappa shape index (κ2) is 7.32. The summed E-state index contributed by atoms with van der Waals surface area (Å²) in [7, 11) is -3.92. The topological polar surface area (TPSA) is 72.5 Å². The number of carbonyl (C=O) groups excluding carboxylic acids is 1. The number of benzene rings is 2. The van der Waals surface area contributed by atoms with Crippen molar-refractivity contribution < 1.29 is 31.1 Å². The Morgan fingerprint density at radius 1 is 1.12 bits per heavy atom. The van der Waals surface area contributed by atoms with Gasteiger partial charge < -0.3 is 10.1 Å². The molecule has 2 aromatic carbocycles. The highest BCUT2D eigenvalue weighted by Crippen LogP contribution is 2.25. The lowest BCUT2D eigenvalue weighted by Crippen LogP contribution is -2.23. The van der Waals surface area contributed by atoms with Gasteiger partial charge in [-0.25, -0.2) is 8.42 Å². The second-order valence-corrected chi connectivity index (χ2v) is 7.26. The van der Waals surface area contributed by atoms with Gasteiger partial charge in [0.15, 0.2) is 9.84 Å². The monoisotopic (exact) mass is 393 g/mol. The fourth-order valence-electron chi connectivity index (χ4n) is 1.87. The van der Waals surface area contributed by atoms with Gasteiger partial charge in [0.05, 0.1) is 4.90 Å². The van der Waals surface area contributed by atoms with E-state index in [2.05, 4.69) is 10.1 Å². The quantitative estimate of drug-likeness (QED) is 0.841. The van der Waals surface area contributed by atoms with Gasteiger partial charge in [0, 0.05) is 16.8 Å². The normalized spacial score (nSPS) is 11.8. The first-order valence-electron chi connectivity index (χ1n) is 6.69. The van der Waals surface area contributed by atoms with Crippen molar-refractivity contribution in [3.8, 4) is 5.75 Å². The Hall–Kier alpha value is -2.26. The van der Waals surface area contributed by atoms with Crippen LogP contribution in [0.5, 0.6) is 5.75 Å².